The molecule has 0 aromatic carbocycles. The van der Waals surface area contributed by atoms with Gasteiger partial charge in [0.25, 0.3) is 5.91 Å². The van der Waals surface area contributed by atoms with E-state index in [1.807, 2.05) is 47.1 Å². The second kappa shape index (κ2) is 10.9. The molecular weight excluding hydrogens is 441 g/mol. The number of halogens is 3. The Bertz CT molecular complexity index is 1080. The number of carboxylic acid groups (broad SMARTS) is 1. The molecule has 8 nitrogen and oxygen atoms in total. The SMILES string of the molecule is O=C(NCC1CCCCO1)c1nc(Cc2cccnc2)n2ccccc12.O=C(O)C(F)(F)F. The molecule has 1 amide bonds. The molecule has 176 valence electrons. The van der Waals surface area contributed by atoms with Crippen LogP contribution in [0.1, 0.15) is 41.1 Å². The number of rotatable bonds is 5. The van der Waals surface area contributed by atoms with Crippen molar-refractivity contribution in [1.82, 2.24) is 19.7 Å². The molecule has 1 unspecified atom stereocenters. The van der Waals surface area contributed by atoms with Gasteiger partial charge in [0.2, 0.25) is 0 Å². The molecule has 0 radical (unpaired) electrons. The molecule has 3 aromatic heterocycles. The molecule has 11 heteroatoms. The third kappa shape index (κ3) is 6.75. The van der Waals surface area contributed by atoms with E-state index in [2.05, 4.69) is 15.3 Å². The highest BCUT2D eigenvalue weighted by molar-refractivity contribution is 5.99. The van der Waals surface area contributed by atoms with Gasteiger partial charge in [0, 0.05) is 38.2 Å². The number of nitrogens with zero attached hydrogens (tertiary/aromatic N) is 3. The number of nitrogens with one attached hydrogen (secondary N) is 1. The minimum atomic E-state index is -5.08. The van der Waals surface area contributed by atoms with E-state index >= 15 is 0 Å². The average molecular weight is 464 g/mol. The summed E-state index contributed by atoms with van der Waals surface area (Å²) in [4.78, 5) is 30.4. The predicted molar refractivity (Wildman–Crippen MR) is 112 cm³/mol. The largest absolute Gasteiger partial charge is 0.490 e. The summed E-state index contributed by atoms with van der Waals surface area (Å²) in [6.07, 6.45) is 4.42. The number of amides is 1. The van der Waals surface area contributed by atoms with Gasteiger partial charge >= 0.3 is 12.1 Å². The van der Waals surface area contributed by atoms with Crippen LogP contribution in [0.2, 0.25) is 0 Å². The van der Waals surface area contributed by atoms with Crippen LogP contribution in [0.15, 0.2) is 48.9 Å². The van der Waals surface area contributed by atoms with Crippen LogP contribution in [0.3, 0.4) is 0 Å². The minimum absolute atomic E-state index is 0.108. The molecule has 0 spiro atoms. The predicted octanol–water partition coefficient (Wildman–Crippen LogP) is 3.25. The molecule has 1 aliphatic rings. The van der Waals surface area contributed by atoms with Crippen molar-refractivity contribution in [2.45, 2.75) is 38.0 Å². The van der Waals surface area contributed by atoms with Crippen molar-refractivity contribution in [1.29, 1.82) is 0 Å². The van der Waals surface area contributed by atoms with Crippen molar-refractivity contribution in [2.75, 3.05) is 13.2 Å². The summed E-state index contributed by atoms with van der Waals surface area (Å²) in [5.74, 6) is -2.08. The number of carboxylic acids is 1. The molecule has 1 aliphatic heterocycles. The van der Waals surface area contributed by atoms with Gasteiger partial charge in [-0.3, -0.25) is 9.78 Å². The van der Waals surface area contributed by atoms with Crippen LogP contribution in [0.4, 0.5) is 13.2 Å². The summed E-state index contributed by atoms with van der Waals surface area (Å²) in [6, 6.07) is 9.71. The number of hydrogen-bond acceptors (Lipinski definition) is 5. The lowest BCUT2D eigenvalue weighted by Gasteiger charge is -2.22. The number of carbonyl (C=O) groups is 2. The molecule has 1 fully saturated rings. The molecule has 0 aliphatic carbocycles. The summed E-state index contributed by atoms with van der Waals surface area (Å²) < 4.78 is 39.4. The number of pyridine rings is 2. The van der Waals surface area contributed by atoms with Gasteiger partial charge < -0.3 is 19.6 Å². The van der Waals surface area contributed by atoms with E-state index in [0.29, 0.717) is 18.7 Å². The number of aliphatic carboxylic acids is 1. The van der Waals surface area contributed by atoms with E-state index < -0.39 is 12.1 Å². The quantitative estimate of drug-likeness (QED) is 0.601. The summed E-state index contributed by atoms with van der Waals surface area (Å²) in [6.45, 7) is 1.31. The van der Waals surface area contributed by atoms with Crippen molar-refractivity contribution in [3.63, 3.8) is 0 Å². The van der Waals surface area contributed by atoms with Gasteiger partial charge in [-0.1, -0.05) is 12.1 Å². The number of aromatic nitrogens is 3. The maximum atomic E-state index is 12.7. The Labute approximate surface area is 187 Å². The summed E-state index contributed by atoms with van der Waals surface area (Å²) in [5, 5.41) is 10.1. The van der Waals surface area contributed by atoms with E-state index in [4.69, 9.17) is 14.6 Å². The van der Waals surface area contributed by atoms with Crippen molar-refractivity contribution in [2.24, 2.45) is 0 Å². The lowest BCUT2D eigenvalue weighted by atomic mass is 10.1. The van der Waals surface area contributed by atoms with Gasteiger partial charge in [-0.05, 0) is 43.0 Å². The van der Waals surface area contributed by atoms with Crippen molar-refractivity contribution in [3.8, 4) is 0 Å². The second-order valence-corrected chi connectivity index (χ2v) is 7.37. The van der Waals surface area contributed by atoms with E-state index in [1.54, 1.807) is 6.20 Å². The highest BCUT2D eigenvalue weighted by Crippen LogP contribution is 2.17. The Morgan fingerprint density at radius 1 is 1.21 bits per heavy atom. The molecule has 33 heavy (non-hydrogen) atoms. The van der Waals surface area contributed by atoms with Crippen LogP contribution in [-0.2, 0) is 16.0 Å². The van der Waals surface area contributed by atoms with E-state index in [-0.39, 0.29) is 12.0 Å². The van der Waals surface area contributed by atoms with Crippen LogP contribution in [0.25, 0.3) is 5.52 Å². The van der Waals surface area contributed by atoms with E-state index in [9.17, 15) is 18.0 Å². The first-order valence-corrected chi connectivity index (χ1v) is 10.3. The number of fused-ring (bicyclic) bond motifs is 1. The Balaban J connectivity index is 0.000000383. The maximum Gasteiger partial charge on any atom is 0.490 e. The van der Waals surface area contributed by atoms with Gasteiger partial charge in [0.05, 0.1) is 11.6 Å². The Morgan fingerprint density at radius 3 is 2.64 bits per heavy atom. The molecule has 4 heterocycles. The minimum Gasteiger partial charge on any atom is -0.475 e. The highest BCUT2D eigenvalue weighted by atomic mass is 19.4. The topological polar surface area (TPSA) is 106 Å². The number of alkyl halides is 3. The third-order valence-electron chi connectivity index (χ3n) is 4.93. The summed E-state index contributed by atoms with van der Waals surface area (Å²) in [7, 11) is 0. The number of ether oxygens (including phenoxy) is 1. The fourth-order valence-corrected chi connectivity index (χ4v) is 3.34. The monoisotopic (exact) mass is 464 g/mol. The summed E-state index contributed by atoms with van der Waals surface area (Å²) in [5.41, 5.74) is 2.33. The van der Waals surface area contributed by atoms with Gasteiger partial charge in [0.1, 0.15) is 5.82 Å². The smallest absolute Gasteiger partial charge is 0.475 e. The van der Waals surface area contributed by atoms with Crippen molar-refractivity contribution >= 4 is 17.4 Å². The zero-order valence-corrected chi connectivity index (χ0v) is 17.6. The fourth-order valence-electron chi connectivity index (χ4n) is 3.34. The van der Waals surface area contributed by atoms with Crippen LogP contribution in [0, 0.1) is 0 Å². The molecular formula is C22H23F3N4O4. The standard InChI is InChI=1S/C20H22N4O2.C2HF3O2/c25-20(22-14-16-7-2-4-11-26-16)19-17-8-1-3-10-24(17)18(23-19)12-15-6-5-9-21-13-15;3-2(4,5)1(6)7/h1,3,5-6,8-10,13,16H,2,4,7,11-12,14H2,(H,22,25);(H,6,7). The Hall–Kier alpha value is -3.47. The number of imidazole rings is 1. The molecule has 1 atom stereocenters. The molecule has 3 aromatic rings. The van der Waals surface area contributed by atoms with Gasteiger partial charge in [-0.25, -0.2) is 9.78 Å². The second-order valence-electron chi connectivity index (χ2n) is 7.37. The molecule has 0 saturated carbocycles. The Kier molecular flexibility index (Phi) is 7.99. The molecule has 1 saturated heterocycles. The van der Waals surface area contributed by atoms with Crippen LogP contribution >= 0.6 is 0 Å². The normalized spacial score (nSPS) is 16.0. The molecule has 2 N–H and O–H groups in total. The van der Waals surface area contributed by atoms with Gasteiger partial charge in [-0.2, -0.15) is 13.2 Å². The van der Waals surface area contributed by atoms with Gasteiger partial charge in [-0.15, -0.1) is 0 Å². The number of hydrogen-bond donors (Lipinski definition) is 2. The molecule has 4 rings (SSSR count). The summed E-state index contributed by atoms with van der Waals surface area (Å²) >= 11 is 0. The molecule has 0 bridgehead atoms. The van der Waals surface area contributed by atoms with E-state index in [1.165, 1.54) is 0 Å². The fraction of sp³-hybridized carbons (Fsp3) is 0.364. The van der Waals surface area contributed by atoms with Crippen molar-refractivity contribution < 1.29 is 32.6 Å². The lowest BCUT2D eigenvalue weighted by molar-refractivity contribution is -0.192. The van der Waals surface area contributed by atoms with Crippen molar-refractivity contribution in [3.05, 3.63) is 66.0 Å². The Morgan fingerprint density at radius 2 is 2.00 bits per heavy atom. The van der Waals surface area contributed by atoms with Gasteiger partial charge in [0.15, 0.2) is 5.69 Å². The van der Waals surface area contributed by atoms with Crippen LogP contribution < -0.4 is 5.32 Å². The maximum absolute atomic E-state index is 12.7. The van der Waals surface area contributed by atoms with E-state index in [0.717, 1.165) is 42.8 Å². The third-order valence-corrected chi connectivity index (χ3v) is 4.93. The first kappa shape index (κ1) is 24.2. The highest BCUT2D eigenvalue weighted by Gasteiger charge is 2.38. The first-order chi connectivity index (χ1) is 15.8. The zero-order chi connectivity index (χ0) is 23.8. The number of carbonyl (C=O) groups excluding carboxylic acids is 1. The average Bonchev–Trinajstić information content (AvgIpc) is 3.17. The van der Waals surface area contributed by atoms with Crippen LogP contribution in [0.5, 0.6) is 0 Å². The van der Waals surface area contributed by atoms with Crippen LogP contribution in [-0.4, -0.2) is 56.8 Å². The first-order valence-electron chi connectivity index (χ1n) is 10.3. The zero-order valence-electron chi connectivity index (χ0n) is 17.6. The lowest BCUT2D eigenvalue weighted by Crippen LogP contribution is -2.35.